The van der Waals surface area contributed by atoms with Crippen LogP contribution in [0.3, 0.4) is 0 Å². The number of halogens is 1. The zero-order chi connectivity index (χ0) is 12.1. The predicted molar refractivity (Wildman–Crippen MR) is 74.5 cm³/mol. The second-order valence-electron chi connectivity index (χ2n) is 4.27. The van der Waals surface area contributed by atoms with Gasteiger partial charge >= 0.3 is 0 Å². The SMILES string of the molecule is COc1ccc(NC(=O)CC2CCCN2)cc1.Cl. The molecule has 100 valence electrons. The Balaban J connectivity index is 0.00000162. The summed E-state index contributed by atoms with van der Waals surface area (Å²) >= 11 is 0. The van der Waals surface area contributed by atoms with E-state index in [0.717, 1.165) is 24.4 Å². The first-order valence-corrected chi connectivity index (χ1v) is 5.95. The maximum absolute atomic E-state index is 11.7. The molecule has 2 rings (SSSR count). The molecule has 1 aromatic rings. The van der Waals surface area contributed by atoms with Crippen molar-refractivity contribution in [2.24, 2.45) is 0 Å². The lowest BCUT2D eigenvalue weighted by Crippen LogP contribution is -2.27. The molecule has 1 atom stereocenters. The average molecular weight is 271 g/mol. The molecule has 1 aliphatic rings. The van der Waals surface area contributed by atoms with Gasteiger partial charge in [-0.15, -0.1) is 12.4 Å². The van der Waals surface area contributed by atoms with E-state index in [0.29, 0.717) is 12.5 Å². The van der Waals surface area contributed by atoms with Gasteiger partial charge in [-0.25, -0.2) is 0 Å². The molecule has 1 heterocycles. The Hall–Kier alpha value is -1.26. The topological polar surface area (TPSA) is 50.4 Å². The first kappa shape index (κ1) is 14.8. The summed E-state index contributed by atoms with van der Waals surface area (Å²) in [7, 11) is 1.62. The van der Waals surface area contributed by atoms with Gasteiger partial charge in [0.2, 0.25) is 5.91 Å². The van der Waals surface area contributed by atoms with E-state index in [4.69, 9.17) is 4.74 Å². The highest BCUT2D eigenvalue weighted by molar-refractivity contribution is 5.91. The van der Waals surface area contributed by atoms with Gasteiger partial charge in [-0.05, 0) is 43.7 Å². The van der Waals surface area contributed by atoms with Crippen LogP contribution in [0.5, 0.6) is 5.75 Å². The number of anilines is 1. The van der Waals surface area contributed by atoms with E-state index in [-0.39, 0.29) is 18.3 Å². The van der Waals surface area contributed by atoms with Crippen molar-refractivity contribution in [1.29, 1.82) is 0 Å². The third-order valence-electron chi connectivity index (χ3n) is 2.97. The van der Waals surface area contributed by atoms with Crippen LogP contribution in [0.2, 0.25) is 0 Å². The van der Waals surface area contributed by atoms with Crippen molar-refractivity contribution in [2.45, 2.75) is 25.3 Å². The number of benzene rings is 1. The maximum atomic E-state index is 11.7. The molecule has 0 saturated carbocycles. The van der Waals surface area contributed by atoms with E-state index < -0.39 is 0 Å². The maximum Gasteiger partial charge on any atom is 0.225 e. The fraction of sp³-hybridized carbons (Fsp3) is 0.462. The van der Waals surface area contributed by atoms with E-state index >= 15 is 0 Å². The molecular weight excluding hydrogens is 252 g/mol. The summed E-state index contributed by atoms with van der Waals surface area (Å²) in [4.78, 5) is 11.7. The Morgan fingerprint density at radius 1 is 1.44 bits per heavy atom. The van der Waals surface area contributed by atoms with Crippen LogP contribution in [-0.2, 0) is 4.79 Å². The standard InChI is InChI=1S/C13H18N2O2.ClH/c1-17-12-6-4-10(5-7-12)15-13(16)9-11-3-2-8-14-11;/h4-7,11,14H,2-3,8-9H2,1H3,(H,15,16);1H. The van der Waals surface area contributed by atoms with E-state index in [2.05, 4.69) is 10.6 Å². The van der Waals surface area contributed by atoms with Crippen molar-refractivity contribution < 1.29 is 9.53 Å². The van der Waals surface area contributed by atoms with E-state index in [1.165, 1.54) is 6.42 Å². The quantitative estimate of drug-likeness (QED) is 0.882. The Bertz CT molecular complexity index is 375. The predicted octanol–water partition coefficient (Wildman–Crippen LogP) is 2.20. The van der Waals surface area contributed by atoms with E-state index in [9.17, 15) is 4.79 Å². The highest BCUT2D eigenvalue weighted by atomic mass is 35.5. The largest absolute Gasteiger partial charge is 0.497 e. The summed E-state index contributed by atoms with van der Waals surface area (Å²) in [6, 6.07) is 7.71. The molecule has 2 N–H and O–H groups in total. The molecule has 0 aliphatic carbocycles. The Kier molecular flexibility index (Phi) is 5.95. The van der Waals surface area contributed by atoms with Crippen LogP contribution in [0, 0.1) is 0 Å². The lowest BCUT2D eigenvalue weighted by Gasteiger charge is -2.10. The fourth-order valence-electron chi connectivity index (χ4n) is 2.04. The third-order valence-corrected chi connectivity index (χ3v) is 2.97. The van der Waals surface area contributed by atoms with Gasteiger partial charge < -0.3 is 15.4 Å². The molecule has 1 saturated heterocycles. The minimum atomic E-state index is 0. The minimum Gasteiger partial charge on any atom is -0.497 e. The van der Waals surface area contributed by atoms with Crippen molar-refractivity contribution in [3.8, 4) is 5.75 Å². The molecule has 1 amide bonds. The molecule has 0 radical (unpaired) electrons. The third kappa shape index (κ3) is 4.20. The monoisotopic (exact) mass is 270 g/mol. The Labute approximate surface area is 114 Å². The molecular formula is C13H19ClN2O2. The smallest absolute Gasteiger partial charge is 0.225 e. The number of hydrogen-bond donors (Lipinski definition) is 2. The van der Waals surface area contributed by atoms with Gasteiger partial charge in [-0.1, -0.05) is 0 Å². The molecule has 1 unspecified atom stereocenters. The number of carbonyl (C=O) groups is 1. The van der Waals surface area contributed by atoms with Gasteiger partial charge in [0, 0.05) is 18.2 Å². The van der Waals surface area contributed by atoms with Crippen molar-refractivity contribution in [3.63, 3.8) is 0 Å². The molecule has 18 heavy (non-hydrogen) atoms. The number of hydrogen-bond acceptors (Lipinski definition) is 3. The average Bonchev–Trinajstić information content (AvgIpc) is 2.82. The lowest BCUT2D eigenvalue weighted by molar-refractivity contribution is -0.116. The van der Waals surface area contributed by atoms with Crippen molar-refractivity contribution >= 4 is 24.0 Å². The molecule has 1 aliphatic heterocycles. The van der Waals surface area contributed by atoms with Crippen LogP contribution in [0.1, 0.15) is 19.3 Å². The summed E-state index contributed by atoms with van der Waals surface area (Å²) in [6.07, 6.45) is 2.81. The van der Waals surface area contributed by atoms with Crippen LogP contribution >= 0.6 is 12.4 Å². The van der Waals surface area contributed by atoms with Gasteiger partial charge in [-0.3, -0.25) is 4.79 Å². The minimum absolute atomic E-state index is 0. The van der Waals surface area contributed by atoms with Gasteiger partial charge in [0.15, 0.2) is 0 Å². The number of amides is 1. The van der Waals surface area contributed by atoms with Crippen LogP contribution in [0.15, 0.2) is 24.3 Å². The highest BCUT2D eigenvalue weighted by Crippen LogP contribution is 2.16. The van der Waals surface area contributed by atoms with Crippen molar-refractivity contribution in [3.05, 3.63) is 24.3 Å². The van der Waals surface area contributed by atoms with E-state index in [1.54, 1.807) is 7.11 Å². The van der Waals surface area contributed by atoms with Crippen LogP contribution < -0.4 is 15.4 Å². The normalized spacial score (nSPS) is 17.9. The number of nitrogens with one attached hydrogen (secondary N) is 2. The first-order chi connectivity index (χ1) is 8.28. The van der Waals surface area contributed by atoms with Gasteiger partial charge in [0.25, 0.3) is 0 Å². The van der Waals surface area contributed by atoms with Crippen molar-refractivity contribution in [1.82, 2.24) is 5.32 Å². The lowest BCUT2D eigenvalue weighted by atomic mass is 10.1. The van der Waals surface area contributed by atoms with Gasteiger partial charge in [0.1, 0.15) is 5.75 Å². The van der Waals surface area contributed by atoms with Crippen molar-refractivity contribution in [2.75, 3.05) is 19.0 Å². The molecule has 1 fully saturated rings. The van der Waals surface area contributed by atoms with Crippen LogP contribution in [0.4, 0.5) is 5.69 Å². The molecule has 1 aromatic carbocycles. The summed E-state index contributed by atoms with van der Waals surface area (Å²) in [5, 5.41) is 6.20. The second-order valence-corrected chi connectivity index (χ2v) is 4.27. The number of ether oxygens (including phenoxy) is 1. The fourth-order valence-corrected chi connectivity index (χ4v) is 2.04. The summed E-state index contributed by atoms with van der Waals surface area (Å²) in [5.74, 6) is 0.857. The molecule has 5 heteroatoms. The summed E-state index contributed by atoms with van der Waals surface area (Å²) in [6.45, 7) is 1.03. The summed E-state index contributed by atoms with van der Waals surface area (Å²) < 4.78 is 5.06. The number of rotatable bonds is 4. The van der Waals surface area contributed by atoms with Gasteiger partial charge in [-0.2, -0.15) is 0 Å². The summed E-state index contributed by atoms with van der Waals surface area (Å²) in [5.41, 5.74) is 0.814. The molecule has 0 aromatic heterocycles. The molecule has 0 bridgehead atoms. The number of methoxy groups -OCH3 is 1. The first-order valence-electron chi connectivity index (χ1n) is 5.95. The Morgan fingerprint density at radius 3 is 2.72 bits per heavy atom. The van der Waals surface area contributed by atoms with Crippen LogP contribution in [0.25, 0.3) is 0 Å². The van der Waals surface area contributed by atoms with E-state index in [1.807, 2.05) is 24.3 Å². The molecule has 4 nitrogen and oxygen atoms in total. The number of carbonyl (C=O) groups excluding carboxylic acids is 1. The second kappa shape index (κ2) is 7.24. The van der Waals surface area contributed by atoms with Gasteiger partial charge in [0.05, 0.1) is 7.11 Å². The zero-order valence-electron chi connectivity index (χ0n) is 10.4. The Morgan fingerprint density at radius 2 is 2.17 bits per heavy atom. The van der Waals surface area contributed by atoms with Crippen LogP contribution in [-0.4, -0.2) is 25.6 Å². The zero-order valence-corrected chi connectivity index (χ0v) is 11.3. The highest BCUT2D eigenvalue weighted by Gasteiger charge is 2.17. The molecule has 0 spiro atoms.